The maximum Gasteiger partial charge on any atom is 0.325 e. The van der Waals surface area contributed by atoms with Crippen molar-refractivity contribution < 1.29 is 23.6 Å². The molecule has 0 heterocycles. The van der Waals surface area contributed by atoms with Crippen molar-refractivity contribution in [2.45, 2.75) is 25.3 Å². The fourth-order valence-electron chi connectivity index (χ4n) is 1.71. The summed E-state index contributed by atoms with van der Waals surface area (Å²) in [6.45, 7) is 1.58. The van der Waals surface area contributed by atoms with Crippen molar-refractivity contribution in [3.63, 3.8) is 0 Å². The fraction of sp³-hybridized carbons (Fsp3) is 0.462. The van der Waals surface area contributed by atoms with E-state index in [1.54, 1.807) is 0 Å². The summed E-state index contributed by atoms with van der Waals surface area (Å²) in [5.41, 5.74) is 4.27. The summed E-state index contributed by atoms with van der Waals surface area (Å²) < 4.78 is 22.8. The Hall–Kier alpha value is -2.22. The number of ether oxygens (including phenoxy) is 2. The zero-order valence-corrected chi connectivity index (χ0v) is 11.8. The standard InChI is InChI=1S/C13H17FN2O5/c1-13(15,12(17)20-2)6-3-7-21-11-8-9(14)4-5-10(11)16(18)19/h4-5,8H,3,6-7,15H2,1-2H3. The molecule has 0 fully saturated rings. The minimum absolute atomic E-state index is 0.0636. The van der Waals surface area contributed by atoms with Crippen molar-refractivity contribution in [2.75, 3.05) is 13.7 Å². The van der Waals surface area contributed by atoms with E-state index in [0.29, 0.717) is 6.42 Å². The van der Waals surface area contributed by atoms with E-state index >= 15 is 0 Å². The molecule has 1 aromatic carbocycles. The summed E-state index contributed by atoms with van der Waals surface area (Å²) in [5, 5.41) is 10.8. The first kappa shape index (κ1) is 16.8. The van der Waals surface area contributed by atoms with E-state index in [1.807, 2.05) is 0 Å². The predicted molar refractivity (Wildman–Crippen MR) is 72.4 cm³/mol. The summed E-state index contributed by atoms with van der Waals surface area (Å²) in [7, 11) is 1.24. The molecular formula is C13H17FN2O5. The van der Waals surface area contributed by atoms with Gasteiger partial charge >= 0.3 is 11.7 Å². The second-order valence-corrected chi connectivity index (χ2v) is 4.73. The van der Waals surface area contributed by atoms with Gasteiger partial charge in [-0.1, -0.05) is 0 Å². The molecule has 21 heavy (non-hydrogen) atoms. The van der Waals surface area contributed by atoms with Gasteiger partial charge in [0.05, 0.1) is 18.6 Å². The van der Waals surface area contributed by atoms with Gasteiger partial charge in [0, 0.05) is 12.1 Å². The molecule has 1 rings (SSSR count). The Kier molecular flexibility index (Phi) is 5.60. The normalized spacial score (nSPS) is 13.3. The smallest absolute Gasteiger partial charge is 0.325 e. The second-order valence-electron chi connectivity index (χ2n) is 4.73. The van der Waals surface area contributed by atoms with Gasteiger partial charge in [0.1, 0.15) is 11.4 Å². The third-order valence-corrected chi connectivity index (χ3v) is 2.87. The molecule has 1 aromatic rings. The zero-order chi connectivity index (χ0) is 16.0. The molecule has 0 aliphatic heterocycles. The maximum absolute atomic E-state index is 13.1. The Morgan fingerprint density at radius 2 is 2.19 bits per heavy atom. The number of carbonyl (C=O) groups is 1. The van der Waals surface area contributed by atoms with Crippen LogP contribution < -0.4 is 10.5 Å². The molecule has 0 saturated heterocycles. The van der Waals surface area contributed by atoms with Gasteiger partial charge in [0.25, 0.3) is 0 Å². The monoisotopic (exact) mass is 300 g/mol. The van der Waals surface area contributed by atoms with Crippen LogP contribution in [0.4, 0.5) is 10.1 Å². The lowest BCUT2D eigenvalue weighted by Gasteiger charge is -2.21. The third-order valence-electron chi connectivity index (χ3n) is 2.87. The number of carbonyl (C=O) groups excluding carboxylic acids is 1. The third kappa shape index (κ3) is 4.67. The lowest BCUT2D eigenvalue weighted by Crippen LogP contribution is -2.45. The highest BCUT2D eigenvalue weighted by Gasteiger charge is 2.28. The summed E-state index contributed by atoms with van der Waals surface area (Å²) in [6.07, 6.45) is 0.624. The lowest BCUT2D eigenvalue weighted by atomic mass is 9.98. The van der Waals surface area contributed by atoms with Gasteiger partial charge in [0.15, 0.2) is 5.75 Å². The number of methoxy groups -OCH3 is 1. The average Bonchev–Trinajstić information content (AvgIpc) is 2.42. The quantitative estimate of drug-likeness (QED) is 0.356. The first-order chi connectivity index (χ1) is 9.77. The number of nitro benzene ring substituents is 1. The fourth-order valence-corrected chi connectivity index (χ4v) is 1.71. The highest BCUT2D eigenvalue weighted by molar-refractivity contribution is 5.79. The molecule has 0 aliphatic carbocycles. The molecule has 0 aromatic heterocycles. The van der Waals surface area contributed by atoms with Crippen LogP contribution in [-0.2, 0) is 9.53 Å². The highest BCUT2D eigenvalue weighted by atomic mass is 19.1. The molecule has 1 unspecified atom stereocenters. The molecule has 2 N–H and O–H groups in total. The first-order valence-electron chi connectivity index (χ1n) is 6.22. The predicted octanol–water partition coefficient (Wildman–Crippen LogP) is 1.78. The summed E-state index contributed by atoms with van der Waals surface area (Å²) in [4.78, 5) is 21.5. The number of rotatable bonds is 7. The first-order valence-corrected chi connectivity index (χ1v) is 6.22. The molecule has 8 heteroatoms. The highest BCUT2D eigenvalue weighted by Crippen LogP contribution is 2.27. The van der Waals surface area contributed by atoms with Crippen LogP contribution in [0.3, 0.4) is 0 Å². The largest absolute Gasteiger partial charge is 0.487 e. The van der Waals surface area contributed by atoms with Crippen molar-refractivity contribution >= 4 is 11.7 Å². The van der Waals surface area contributed by atoms with Gasteiger partial charge in [-0.25, -0.2) is 4.39 Å². The van der Waals surface area contributed by atoms with Crippen molar-refractivity contribution in [2.24, 2.45) is 5.73 Å². The van der Waals surface area contributed by atoms with Crippen LogP contribution in [0.15, 0.2) is 18.2 Å². The van der Waals surface area contributed by atoms with Crippen LogP contribution in [0.1, 0.15) is 19.8 Å². The van der Waals surface area contributed by atoms with E-state index < -0.39 is 22.2 Å². The minimum atomic E-state index is -1.16. The van der Waals surface area contributed by atoms with Gasteiger partial charge in [-0.2, -0.15) is 0 Å². The second kappa shape index (κ2) is 6.98. The van der Waals surface area contributed by atoms with Crippen molar-refractivity contribution in [3.8, 4) is 5.75 Å². The van der Waals surface area contributed by atoms with Crippen LogP contribution in [0.25, 0.3) is 0 Å². The number of hydrogen-bond donors (Lipinski definition) is 1. The van der Waals surface area contributed by atoms with Crippen molar-refractivity contribution in [1.29, 1.82) is 0 Å². The molecular weight excluding hydrogens is 283 g/mol. The molecule has 7 nitrogen and oxygen atoms in total. The van der Waals surface area contributed by atoms with Crippen molar-refractivity contribution in [3.05, 3.63) is 34.1 Å². The number of nitro groups is 1. The molecule has 0 aliphatic rings. The zero-order valence-electron chi connectivity index (χ0n) is 11.8. The molecule has 0 amide bonds. The topological polar surface area (TPSA) is 105 Å². The molecule has 1 atom stereocenters. The molecule has 0 bridgehead atoms. The molecule has 0 radical (unpaired) electrons. The molecule has 116 valence electrons. The number of benzene rings is 1. The van der Waals surface area contributed by atoms with Crippen LogP contribution in [0.2, 0.25) is 0 Å². The minimum Gasteiger partial charge on any atom is -0.487 e. The van der Waals surface area contributed by atoms with Crippen LogP contribution in [-0.4, -0.2) is 30.1 Å². The Balaban J connectivity index is 2.59. The number of halogens is 1. The number of hydrogen-bond acceptors (Lipinski definition) is 6. The Labute approximate surface area is 121 Å². The van der Waals surface area contributed by atoms with Gasteiger partial charge in [0.2, 0.25) is 0 Å². The van der Waals surface area contributed by atoms with Crippen LogP contribution in [0.5, 0.6) is 5.75 Å². The van der Waals surface area contributed by atoms with Gasteiger partial charge in [-0.05, 0) is 25.8 Å². The maximum atomic E-state index is 13.1. The van der Waals surface area contributed by atoms with Crippen LogP contribution in [0, 0.1) is 15.9 Å². The SMILES string of the molecule is COC(=O)C(C)(N)CCCOc1cc(F)ccc1[N+](=O)[O-]. The van der Waals surface area contributed by atoms with E-state index in [2.05, 4.69) is 4.74 Å². The Bertz CT molecular complexity index is 533. The Morgan fingerprint density at radius 1 is 1.52 bits per heavy atom. The number of nitrogens with two attached hydrogens (primary N) is 1. The van der Waals surface area contributed by atoms with Crippen LogP contribution >= 0.6 is 0 Å². The molecule has 0 saturated carbocycles. The van der Waals surface area contributed by atoms with E-state index in [9.17, 15) is 19.3 Å². The van der Waals surface area contributed by atoms with E-state index in [0.717, 1.165) is 18.2 Å². The summed E-state index contributed by atoms with van der Waals surface area (Å²) in [5.74, 6) is -1.34. The van der Waals surface area contributed by atoms with Gasteiger partial charge in [-0.15, -0.1) is 0 Å². The van der Waals surface area contributed by atoms with Gasteiger partial charge in [-0.3, -0.25) is 14.9 Å². The lowest BCUT2D eigenvalue weighted by molar-refractivity contribution is -0.385. The average molecular weight is 300 g/mol. The van der Waals surface area contributed by atoms with E-state index in [-0.39, 0.29) is 24.5 Å². The Morgan fingerprint density at radius 3 is 2.76 bits per heavy atom. The van der Waals surface area contributed by atoms with E-state index in [4.69, 9.17) is 10.5 Å². The van der Waals surface area contributed by atoms with Gasteiger partial charge < -0.3 is 15.2 Å². The number of nitrogens with zero attached hydrogens (tertiary/aromatic N) is 1. The molecule has 0 spiro atoms. The van der Waals surface area contributed by atoms with E-state index in [1.165, 1.54) is 14.0 Å². The number of esters is 1. The van der Waals surface area contributed by atoms with Crippen molar-refractivity contribution in [1.82, 2.24) is 0 Å². The summed E-state index contributed by atoms with van der Waals surface area (Å²) >= 11 is 0. The summed E-state index contributed by atoms with van der Waals surface area (Å²) in [6, 6.07) is 2.96.